The Morgan fingerprint density at radius 3 is 2.36 bits per heavy atom. The van der Waals surface area contributed by atoms with Crippen LogP contribution in [-0.4, -0.2) is 37.2 Å². The van der Waals surface area contributed by atoms with Crippen LogP contribution < -0.4 is 0 Å². The lowest BCUT2D eigenvalue weighted by molar-refractivity contribution is 0.0309. The maximum absolute atomic E-state index is 5.74. The van der Waals surface area contributed by atoms with Gasteiger partial charge in [-0.05, 0) is 45.2 Å². The van der Waals surface area contributed by atoms with E-state index in [9.17, 15) is 0 Å². The van der Waals surface area contributed by atoms with Gasteiger partial charge in [0.05, 0.1) is 6.10 Å². The molecule has 1 saturated heterocycles. The second kappa shape index (κ2) is 6.41. The number of rotatable bonds is 6. The van der Waals surface area contributed by atoms with Gasteiger partial charge in [0.25, 0.3) is 0 Å². The highest BCUT2D eigenvalue weighted by Gasteiger charge is 2.11. The van der Waals surface area contributed by atoms with Gasteiger partial charge in [0.2, 0.25) is 0 Å². The zero-order chi connectivity index (χ0) is 10.4. The molecule has 1 rings (SSSR count). The highest BCUT2D eigenvalue weighted by atomic mass is 16.5. The molecule has 0 aliphatic carbocycles. The average molecular weight is 199 g/mol. The van der Waals surface area contributed by atoms with Crippen molar-refractivity contribution in [2.75, 3.05) is 26.2 Å². The molecular formula is C12H25NO. The van der Waals surface area contributed by atoms with Crippen molar-refractivity contribution < 1.29 is 4.74 Å². The van der Waals surface area contributed by atoms with Crippen molar-refractivity contribution in [3.63, 3.8) is 0 Å². The van der Waals surface area contributed by atoms with Crippen LogP contribution in [0.5, 0.6) is 0 Å². The summed E-state index contributed by atoms with van der Waals surface area (Å²) in [6, 6.07) is 0. The molecule has 1 aliphatic rings. The second-order valence-corrected chi connectivity index (χ2v) is 4.72. The van der Waals surface area contributed by atoms with Gasteiger partial charge in [-0.3, -0.25) is 0 Å². The van der Waals surface area contributed by atoms with E-state index < -0.39 is 0 Å². The maximum atomic E-state index is 5.74. The molecule has 2 heteroatoms. The molecule has 1 atom stereocenters. The zero-order valence-electron chi connectivity index (χ0n) is 9.96. The average Bonchev–Trinajstić information content (AvgIpc) is 2.64. The first-order valence-electron chi connectivity index (χ1n) is 6.04. The predicted octanol–water partition coefficient (Wildman–Crippen LogP) is 2.53. The van der Waals surface area contributed by atoms with Crippen LogP contribution >= 0.6 is 0 Å². The Hall–Kier alpha value is -0.0800. The molecular weight excluding hydrogens is 174 g/mol. The van der Waals surface area contributed by atoms with E-state index in [4.69, 9.17) is 4.74 Å². The number of hydrogen-bond donors (Lipinski definition) is 0. The van der Waals surface area contributed by atoms with E-state index >= 15 is 0 Å². The minimum absolute atomic E-state index is 0.411. The fourth-order valence-electron chi connectivity index (χ4n) is 1.76. The van der Waals surface area contributed by atoms with Crippen molar-refractivity contribution in [1.29, 1.82) is 0 Å². The lowest BCUT2D eigenvalue weighted by Crippen LogP contribution is -2.23. The van der Waals surface area contributed by atoms with Crippen LogP contribution in [0.4, 0.5) is 0 Å². The van der Waals surface area contributed by atoms with E-state index in [0.29, 0.717) is 12.0 Å². The molecule has 0 N–H and O–H groups in total. The quantitative estimate of drug-likeness (QED) is 0.610. The Morgan fingerprint density at radius 2 is 1.79 bits per heavy atom. The molecule has 1 fully saturated rings. The summed E-state index contributed by atoms with van der Waals surface area (Å²) in [7, 11) is 0. The number of likely N-dealkylation sites (tertiary alicyclic amines) is 1. The van der Waals surface area contributed by atoms with Crippen molar-refractivity contribution in [3.8, 4) is 0 Å². The maximum Gasteiger partial charge on any atom is 0.0569 e. The molecule has 0 bridgehead atoms. The van der Waals surface area contributed by atoms with E-state index in [1.54, 1.807) is 0 Å². The summed E-state index contributed by atoms with van der Waals surface area (Å²) in [4.78, 5) is 2.55. The molecule has 0 amide bonds. The molecule has 1 aliphatic heterocycles. The van der Waals surface area contributed by atoms with Crippen LogP contribution in [0.3, 0.4) is 0 Å². The number of hydrogen-bond acceptors (Lipinski definition) is 2. The van der Waals surface area contributed by atoms with E-state index in [2.05, 4.69) is 25.7 Å². The second-order valence-electron chi connectivity index (χ2n) is 4.72. The van der Waals surface area contributed by atoms with E-state index in [1.165, 1.54) is 38.9 Å². The van der Waals surface area contributed by atoms with Crippen molar-refractivity contribution in [2.45, 2.75) is 46.1 Å². The molecule has 0 aromatic rings. The summed E-state index contributed by atoms with van der Waals surface area (Å²) >= 11 is 0. The Morgan fingerprint density at radius 1 is 1.14 bits per heavy atom. The topological polar surface area (TPSA) is 12.5 Å². The summed E-state index contributed by atoms with van der Waals surface area (Å²) in [6.07, 6.45) is 4.39. The molecule has 2 nitrogen and oxygen atoms in total. The molecule has 0 spiro atoms. The van der Waals surface area contributed by atoms with Gasteiger partial charge in [0, 0.05) is 13.2 Å². The molecule has 14 heavy (non-hydrogen) atoms. The van der Waals surface area contributed by atoms with Gasteiger partial charge in [0.1, 0.15) is 0 Å². The van der Waals surface area contributed by atoms with Crippen molar-refractivity contribution in [1.82, 2.24) is 4.90 Å². The summed E-state index contributed by atoms with van der Waals surface area (Å²) in [5.41, 5.74) is 0. The number of ether oxygens (including phenoxy) is 1. The third-order valence-electron chi connectivity index (χ3n) is 3.14. The van der Waals surface area contributed by atoms with Crippen LogP contribution in [-0.2, 0) is 4.74 Å². The Bertz CT molecular complexity index is 137. The molecule has 0 radical (unpaired) electrons. The smallest absolute Gasteiger partial charge is 0.0569 e. The van der Waals surface area contributed by atoms with Crippen molar-refractivity contribution >= 4 is 0 Å². The van der Waals surface area contributed by atoms with Crippen LogP contribution in [0, 0.1) is 5.92 Å². The van der Waals surface area contributed by atoms with Gasteiger partial charge < -0.3 is 9.64 Å². The molecule has 1 heterocycles. The Balaban J connectivity index is 1.93. The predicted molar refractivity (Wildman–Crippen MR) is 60.5 cm³/mol. The highest BCUT2D eigenvalue weighted by Crippen LogP contribution is 2.09. The molecule has 84 valence electrons. The molecule has 0 aromatic carbocycles. The van der Waals surface area contributed by atoms with E-state index in [0.717, 1.165) is 6.61 Å². The van der Waals surface area contributed by atoms with Gasteiger partial charge in [-0.25, -0.2) is 0 Å². The van der Waals surface area contributed by atoms with Gasteiger partial charge in [-0.1, -0.05) is 13.8 Å². The Labute approximate surface area is 88.6 Å². The van der Waals surface area contributed by atoms with E-state index in [1.807, 2.05) is 0 Å². The van der Waals surface area contributed by atoms with Gasteiger partial charge >= 0.3 is 0 Å². The highest BCUT2D eigenvalue weighted by molar-refractivity contribution is 4.65. The first-order chi connectivity index (χ1) is 6.70. The fraction of sp³-hybridized carbons (Fsp3) is 1.00. The van der Waals surface area contributed by atoms with Gasteiger partial charge in [-0.2, -0.15) is 0 Å². The normalized spacial score (nSPS) is 20.6. The number of nitrogens with zero attached hydrogens (tertiary/aromatic N) is 1. The van der Waals surface area contributed by atoms with Gasteiger partial charge in [0.15, 0.2) is 0 Å². The van der Waals surface area contributed by atoms with Crippen LogP contribution in [0.1, 0.15) is 40.0 Å². The minimum Gasteiger partial charge on any atom is -0.378 e. The fourth-order valence-corrected chi connectivity index (χ4v) is 1.76. The van der Waals surface area contributed by atoms with E-state index in [-0.39, 0.29) is 0 Å². The molecule has 0 aromatic heterocycles. The zero-order valence-corrected chi connectivity index (χ0v) is 9.96. The monoisotopic (exact) mass is 199 g/mol. The lowest BCUT2D eigenvalue weighted by Gasteiger charge is -2.18. The summed E-state index contributed by atoms with van der Waals surface area (Å²) in [5, 5.41) is 0. The Kier molecular flexibility index (Phi) is 5.49. The standard InChI is InChI=1S/C12H25NO/c1-11(2)12(3)14-10-6-9-13-7-4-5-8-13/h11-12H,4-10H2,1-3H3. The molecule has 0 saturated carbocycles. The minimum atomic E-state index is 0.411. The first-order valence-corrected chi connectivity index (χ1v) is 6.04. The van der Waals surface area contributed by atoms with Gasteiger partial charge in [-0.15, -0.1) is 0 Å². The SMILES string of the molecule is CC(C)C(C)OCCCN1CCCC1. The van der Waals surface area contributed by atoms with Crippen LogP contribution in [0.15, 0.2) is 0 Å². The summed E-state index contributed by atoms with van der Waals surface area (Å²) < 4.78 is 5.74. The third-order valence-corrected chi connectivity index (χ3v) is 3.14. The van der Waals surface area contributed by atoms with Crippen molar-refractivity contribution in [3.05, 3.63) is 0 Å². The summed E-state index contributed by atoms with van der Waals surface area (Å²) in [5.74, 6) is 0.641. The lowest BCUT2D eigenvalue weighted by atomic mass is 10.1. The first kappa shape index (κ1) is 12.0. The largest absolute Gasteiger partial charge is 0.378 e. The van der Waals surface area contributed by atoms with Crippen molar-refractivity contribution in [2.24, 2.45) is 5.92 Å². The molecule has 1 unspecified atom stereocenters. The van der Waals surface area contributed by atoms with Crippen LogP contribution in [0.2, 0.25) is 0 Å². The summed E-state index contributed by atoms with van der Waals surface area (Å²) in [6.45, 7) is 11.4. The van der Waals surface area contributed by atoms with Crippen LogP contribution in [0.25, 0.3) is 0 Å². The third kappa shape index (κ3) is 4.43.